The third-order valence-corrected chi connectivity index (χ3v) is 6.09. The van der Waals surface area contributed by atoms with Crippen LogP contribution in [0.2, 0.25) is 0 Å². The van der Waals surface area contributed by atoms with Gasteiger partial charge < -0.3 is 0 Å². The number of hydrogen-bond donors (Lipinski definition) is 4. The Kier molecular flexibility index (Phi) is 16.4. The molecule has 0 aromatic rings. The first-order valence-corrected chi connectivity index (χ1v) is 11.7. The predicted octanol–water partition coefficient (Wildman–Crippen LogP) is 4.07. The van der Waals surface area contributed by atoms with Crippen LogP contribution in [0.25, 0.3) is 0 Å². The van der Waals surface area contributed by atoms with Gasteiger partial charge in [-0.2, -0.15) is 13.7 Å². The topological polar surface area (TPSA) is 160 Å². The fourth-order valence-electron chi connectivity index (χ4n) is 3.21. The minimum atomic E-state index is -4.67. The van der Waals surface area contributed by atoms with Crippen molar-refractivity contribution in [2.75, 3.05) is 0 Å². The summed E-state index contributed by atoms with van der Waals surface area (Å²) in [5, 5.41) is 24.6. The first kappa shape index (κ1) is 28.2. The van der Waals surface area contributed by atoms with Gasteiger partial charge in [0.25, 0.3) is 10.1 Å². The normalized spacial score (nSPS) is 15.1. The van der Waals surface area contributed by atoms with Gasteiger partial charge in [-0.15, -0.1) is 0 Å². The Morgan fingerprint density at radius 2 is 1.17 bits per heavy atom. The van der Waals surface area contributed by atoms with Crippen LogP contribution in [0.15, 0.2) is 0 Å². The van der Waals surface area contributed by atoms with E-state index in [1.807, 2.05) is 0 Å². The summed E-state index contributed by atoms with van der Waals surface area (Å²) in [6.07, 6.45) is 8.19. The SMILES string of the molecule is CCCCCCCCCC(OO)C(CCCCCC(C(=O)OO)S(=O)(=O)O)OO. The van der Waals surface area contributed by atoms with Crippen LogP contribution in [0.5, 0.6) is 0 Å². The minimum Gasteiger partial charge on any atom is -0.299 e. The predicted molar refractivity (Wildman–Crippen MR) is 105 cm³/mol. The fraction of sp³-hybridized carbons (Fsp3) is 0.944. The lowest BCUT2D eigenvalue weighted by Crippen LogP contribution is -2.31. The minimum absolute atomic E-state index is 0.221. The number of carbonyl (C=O) groups excluding carboxylic acids is 1. The van der Waals surface area contributed by atoms with Crippen LogP contribution in [0, 0.1) is 0 Å². The molecule has 0 aromatic heterocycles. The van der Waals surface area contributed by atoms with Gasteiger partial charge in [-0.25, -0.2) is 14.6 Å². The Labute approximate surface area is 172 Å². The molecule has 0 aliphatic carbocycles. The summed E-state index contributed by atoms with van der Waals surface area (Å²) in [5.74, 6) is -1.44. The largest absolute Gasteiger partial charge is 0.362 e. The molecule has 0 radical (unpaired) electrons. The second-order valence-electron chi connectivity index (χ2n) is 7.25. The zero-order valence-corrected chi connectivity index (χ0v) is 17.9. The van der Waals surface area contributed by atoms with E-state index in [1.54, 1.807) is 0 Å². The lowest BCUT2D eigenvalue weighted by atomic mass is 9.99. The molecule has 3 atom stereocenters. The van der Waals surface area contributed by atoms with Crippen molar-refractivity contribution in [3.63, 3.8) is 0 Å². The van der Waals surface area contributed by atoms with Gasteiger partial charge in [0.05, 0.1) is 0 Å². The summed E-state index contributed by atoms with van der Waals surface area (Å²) >= 11 is 0. The summed E-state index contributed by atoms with van der Waals surface area (Å²) in [6, 6.07) is 0. The van der Waals surface area contributed by atoms with Gasteiger partial charge in [0.1, 0.15) is 12.2 Å². The van der Waals surface area contributed by atoms with Crippen LogP contribution in [-0.4, -0.2) is 52.2 Å². The van der Waals surface area contributed by atoms with E-state index < -0.39 is 33.5 Å². The Morgan fingerprint density at radius 3 is 1.59 bits per heavy atom. The average Bonchev–Trinajstić information content (AvgIpc) is 2.69. The molecule has 0 spiro atoms. The van der Waals surface area contributed by atoms with Crippen molar-refractivity contribution >= 4 is 16.1 Å². The van der Waals surface area contributed by atoms with Crippen LogP contribution >= 0.6 is 0 Å². The monoisotopic (exact) mass is 444 g/mol. The number of hydrogen-bond acceptors (Lipinski definition) is 9. The third kappa shape index (κ3) is 13.2. The molecule has 0 heterocycles. The smallest absolute Gasteiger partial charge is 0.299 e. The van der Waals surface area contributed by atoms with Crippen molar-refractivity contribution in [3.05, 3.63) is 0 Å². The second-order valence-corrected chi connectivity index (χ2v) is 8.85. The zero-order chi connectivity index (χ0) is 22.1. The first-order valence-electron chi connectivity index (χ1n) is 10.2. The van der Waals surface area contributed by atoms with E-state index in [-0.39, 0.29) is 12.8 Å². The van der Waals surface area contributed by atoms with Gasteiger partial charge in [0, 0.05) is 0 Å². The van der Waals surface area contributed by atoms with Gasteiger partial charge in [0.15, 0.2) is 5.25 Å². The van der Waals surface area contributed by atoms with E-state index >= 15 is 0 Å². The molecule has 0 aromatic carbocycles. The highest BCUT2D eigenvalue weighted by Crippen LogP contribution is 2.19. The number of rotatable bonds is 19. The molecular formula is C18H36O10S. The van der Waals surface area contributed by atoms with E-state index in [2.05, 4.69) is 21.6 Å². The van der Waals surface area contributed by atoms with Gasteiger partial charge >= 0.3 is 5.97 Å². The van der Waals surface area contributed by atoms with Crippen LogP contribution in [0.4, 0.5) is 0 Å². The van der Waals surface area contributed by atoms with Crippen molar-refractivity contribution in [1.82, 2.24) is 0 Å². The van der Waals surface area contributed by atoms with Crippen LogP contribution in [0.3, 0.4) is 0 Å². The molecule has 0 aliphatic heterocycles. The van der Waals surface area contributed by atoms with Gasteiger partial charge in [0.2, 0.25) is 0 Å². The summed E-state index contributed by atoms with van der Waals surface area (Å²) in [4.78, 5) is 23.5. The lowest BCUT2D eigenvalue weighted by Gasteiger charge is -2.21. The Balaban J connectivity index is 4.17. The molecule has 10 nitrogen and oxygen atoms in total. The van der Waals surface area contributed by atoms with Crippen LogP contribution < -0.4 is 0 Å². The molecule has 0 amide bonds. The molecular weight excluding hydrogens is 408 g/mol. The molecule has 11 heteroatoms. The lowest BCUT2D eigenvalue weighted by molar-refractivity contribution is -0.356. The highest BCUT2D eigenvalue weighted by Gasteiger charge is 2.32. The van der Waals surface area contributed by atoms with Crippen molar-refractivity contribution in [2.45, 2.75) is 108 Å². The maximum absolute atomic E-state index is 11.2. The third-order valence-electron chi connectivity index (χ3n) is 4.95. The molecule has 4 N–H and O–H groups in total. The molecule has 29 heavy (non-hydrogen) atoms. The van der Waals surface area contributed by atoms with E-state index in [0.29, 0.717) is 25.7 Å². The molecule has 0 rings (SSSR count). The van der Waals surface area contributed by atoms with Gasteiger partial charge in [-0.05, 0) is 19.3 Å². The van der Waals surface area contributed by atoms with Gasteiger partial charge in [-0.1, -0.05) is 71.1 Å². The van der Waals surface area contributed by atoms with Crippen LogP contribution in [0.1, 0.15) is 90.4 Å². The van der Waals surface area contributed by atoms with Crippen molar-refractivity contribution in [1.29, 1.82) is 0 Å². The molecule has 0 bridgehead atoms. The maximum Gasteiger partial charge on any atom is 0.362 e. The molecule has 174 valence electrons. The zero-order valence-electron chi connectivity index (χ0n) is 17.1. The van der Waals surface area contributed by atoms with Crippen molar-refractivity contribution in [2.24, 2.45) is 0 Å². The quantitative estimate of drug-likeness (QED) is 0.0989. The first-order chi connectivity index (χ1) is 13.8. The Morgan fingerprint density at radius 1 is 0.759 bits per heavy atom. The standard InChI is InChI=1S/C18H36O10S/c1-2-3-4-5-6-7-9-12-15(26-20)16(27-21)13-10-8-11-14-17(18(19)28-22)29(23,24)25/h15-17,20-22H,2-14H2,1H3,(H,23,24,25). The molecule has 0 saturated carbocycles. The summed E-state index contributed by atoms with van der Waals surface area (Å²) < 4.78 is 31.2. The highest BCUT2D eigenvalue weighted by molar-refractivity contribution is 7.87. The maximum atomic E-state index is 11.2. The fourth-order valence-corrected chi connectivity index (χ4v) is 3.97. The van der Waals surface area contributed by atoms with Crippen molar-refractivity contribution in [3.8, 4) is 0 Å². The molecule has 0 aliphatic rings. The van der Waals surface area contributed by atoms with E-state index in [9.17, 15) is 13.2 Å². The molecule has 3 unspecified atom stereocenters. The van der Waals surface area contributed by atoms with Gasteiger partial charge in [-0.3, -0.25) is 20.0 Å². The van der Waals surface area contributed by atoms with E-state index in [4.69, 9.17) is 20.3 Å². The second kappa shape index (κ2) is 16.9. The average molecular weight is 445 g/mol. The van der Waals surface area contributed by atoms with E-state index in [0.717, 1.165) is 19.3 Å². The Hall–Kier alpha value is -0.820. The summed E-state index contributed by atoms with van der Waals surface area (Å²) in [7, 11) is -4.67. The van der Waals surface area contributed by atoms with Crippen molar-refractivity contribution < 1.29 is 48.2 Å². The summed E-state index contributed by atoms with van der Waals surface area (Å²) in [5.41, 5.74) is 0. The Bertz CT molecular complexity index is 511. The highest BCUT2D eigenvalue weighted by atomic mass is 32.2. The number of carbonyl (C=O) groups is 1. The number of unbranched alkanes of at least 4 members (excludes halogenated alkanes) is 8. The van der Waals surface area contributed by atoms with Crippen LogP contribution in [-0.2, 0) is 29.6 Å². The molecule has 0 saturated heterocycles. The summed E-state index contributed by atoms with van der Waals surface area (Å²) in [6.45, 7) is 2.16. The van der Waals surface area contributed by atoms with E-state index in [1.165, 1.54) is 25.7 Å². The molecule has 0 fully saturated rings.